The fourth-order valence-electron chi connectivity index (χ4n) is 3.80. The van der Waals surface area contributed by atoms with E-state index in [1.54, 1.807) is 0 Å². The lowest BCUT2D eigenvalue weighted by molar-refractivity contribution is 0.248. The monoisotopic (exact) mass is 465 g/mol. The van der Waals surface area contributed by atoms with E-state index in [0.717, 1.165) is 39.0 Å². The lowest BCUT2D eigenvalue weighted by Crippen LogP contribution is -2.47. The van der Waals surface area contributed by atoms with E-state index in [1.807, 2.05) is 6.92 Å². The van der Waals surface area contributed by atoms with Crippen molar-refractivity contribution in [2.24, 2.45) is 0 Å². The van der Waals surface area contributed by atoms with Crippen LogP contribution in [0.5, 0.6) is 0 Å². The molecule has 31 heavy (non-hydrogen) atoms. The zero-order valence-electron chi connectivity index (χ0n) is 18.3. The Labute approximate surface area is 186 Å². The van der Waals surface area contributed by atoms with Crippen molar-refractivity contribution in [3.05, 3.63) is 54.1 Å². The fourth-order valence-corrected chi connectivity index (χ4v) is 6.70. The molecule has 9 heteroatoms. The molecule has 0 radical (unpaired) electrons. The van der Waals surface area contributed by atoms with Gasteiger partial charge in [-0.1, -0.05) is 24.3 Å². The molecule has 1 unspecified atom stereocenters. The Kier molecular flexibility index (Phi) is 7.41. The van der Waals surface area contributed by atoms with Crippen molar-refractivity contribution in [2.75, 3.05) is 43.9 Å². The van der Waals surface area contributed by atoms with Crippen molar-refractivity contribution >= 4 is 25.5 Å². The number of anilines is 1. The number of hydrogen-bond acceptors (Lipinski definition) is 6. The van der Waals surface area contributed by atoms with Crippen molar-refractivity contribution in [3.63, 3.8) is 0 Å². The minimum absolute atomic E-state index is 0.179. The first-order valence-electron chi connectivity index (χ1n) is 10.4. The third kappa shape index (κ3) is 6.29. The molecule has 1 saturated heterocycles. The molecule has 1 aliphatic rings. The summed E-state index contributed by atoms with van der Waals surface area (Å²) in [5.41, 5.74) is 2.49. The van der Waals surface area contributed by atoms with E-state index in [-0.39, 0.29) is 15.8 Å². The second-order valence-electron chi connectivity index (χ2n) is 8.20. The molecule has 3 rings (SSSR count). The number of aryl methyl sites for hydroxylation is 1. The van der Waals surface area contributed by atoms with Gasteiger partial charge in [-0.15, -0.1) is 0 Å². The van der Waals surface area contributed by atoms with Gasteiger partial charge in [-0.25, -0.2) is 21.6 Å². The molecule has 0 aliphatic carbocycles. The van der Waals surface area contributed by atoms with Gasteiger partial charge >= 0.3 is 0 Å². The Morgan fingerprint density at radius 2 is 1.58 bits per heavy atom. The van der Waals surface area contributed by atoms with Crippen LogP contribution in [0.2, 0.25) is 0 Å². The number of benzene rings is 2. The van der Waals surface area contributed by atoms with Crippen LogP contribution >= 0.6 is 0 Å². The topological polar surface area (TPSA) is 86.8 Å². The second-order valence-corrected chi connectivity index (χ2v) is 11.9. The molecular weight excluding hydrogens is 434 g/mol. The zero-order valence-corrected chi connectivity index (χ0v) is 19.9. The zero-order chi connectivity index (χ0) is 22.6. The number of rotatable bonds is 8. The summed E-state index contributed by atoms with van der Waals surface area (Å²) >= 11 is 0. The first-order valence-corrected chi connectivity index (χ1v) is 13.8. The summed E-state index contributed by atoms with van der Waals surface area (Å²) in [5, 5.41) is 0. The van der Waals surface area contributed by atoms with Crippen LogP contribution in [0.25, 0.3) is 0 Å². The van der Waals surface area contributed by atoms with Crippen molar-refractivity contribution < 1.29 is 16.8 Å². The van der Waals surface area contributed by atoms with Crippen LogP contribution in [0.4, 0.5) is 5.69 Å². The summed E-state index contributed by atoms with van der Waals surface area (Å²) < 4.78 is 52.1. The van der Waals surface area contributed by atoms with Gasteiger partial charge in [0.05, 0.1) is 4.90 Å². The van der Waals surface area contributed by atoms with E-state index >= 15 is 0 Å². The highest BCUT2D eigenvalue weighted by Gasteiger charge is 2.25. The highest BCUT2D eigenvalue weighted by atomic mass is 32.2. The molecule has 0 aromatic heterocycles. The standard InChI is InChI=1S/C22H31N3O4S2/c1-18-7-6-8-20(17-18)25-15-13-24(14-16-25)12-11-19(2)23-31(28,29)22-10-5-4-9-21(22)30(3,26)27/h4-10,17,19,23H,11-16H2,1-3H3. The molecule has 1 aliphatic heterocycles. The van der Waals surface area contributed by atoms with E-state index < -0.39 is 19.9 Å². The highest BCUT2D eigenvalue weighted by Crippen LogP contribution is 2.21. The van der Waals surface area contributed by atoms with Crippen LogP contribution in [0, 0.1) is 6.92 Å². The SMILES string of the molecule is Cc1cccc(N2CCN(CCC(C)NS(=O)(=O)c3ccccc3S(C)(=O)=O)CC2)c1. The Morgan fingerprint density at radius 3 is 2.19 bits per heavy atom. The van der Waals surface area contributed by atoms with Gasteiger partial charge in [0.2, 0.25) is 10.0 Å². The third-order valence-electron chi connectivity index (χ3n) is 5.51. The van der Waals surface area contributed by atoms with Crippen LogP contribution in [0.1, 0.15) is 18.9 Å². The van der Waals surface area contributed by atoms with Gasteiger partial charge in [0, 0.05) is 44.2 Å². The molecule has 170 valence electrons. The van der Waals surface area contributed by atoms with Crippen LogP contribution < -0.4 is 9.62 Å². The van der Waals surface area contributed by atoms with Gasteiger partial charge in [0.1, 0.15) is 4.90 Å². The van der Waals surface area contributed by atoms with Gasteiger partial charge in [0.25, 0.3) is 0 Å². The Hall–Kier alpha value is -1.94. The number of nitrogens with one attached hydrogen (secondary N) is 1. The minimum atomic E-state index is -3.93. The first-order chi connectivity index (χ1) is 14.6. The molecule has 2 aromatic carbocycles. The van der Waals surface area contributed by atoms with Gasteiger partial charge < -0.3 is 4.90 Å². The Morgan fingerprint density at radius 1 is 0.935 bits per heavy atom. The molecule has 0 spiro atoms. The smallest absolute Gasteiger partial charge is 0.242 e. The van der Waals surface area contributed by atoms with Crippen LogP contribution in [0.15, 0.2) is 58.3 Å². The highest BCUT2D eigenvalue weighted by molar-refractivity contribution is 7.93. The predicted molar refractivity (Wildman–Crippen MR) is 124 cm³/mol. The summed E-state index contributed by atoms with van der Waals surface area (Å²) in [5.74, 6) is 0. The van der Waals surface area contributed by atoms with Crippen LogP contribution in [0.3, 0.4) is 0 Å². The maximum Gasteiger partial charge on any atom is 0.242 e. The summed E-state index contributed by atoms with van der Waals surface area (Å²) in [6.45, 7) is 8.39. The van der Waals surface area contributed by atoms with Crippen molar-refractivity contribution in [3.8, 4) is 0 Å². The van der Waals surface area contributed by atoms with E-state index in [4.69, 9.17) is 0 Å². The maximum absolute atomic E-state index is 12.8. The lowest BCUT2D eigenvalue weighted by Gasteiger charge is -2.36. The van der Waals surface area contributed by atoms with Crippen molar-refractivity contribution in [1.82, 2.24) is 9.62 Å². The predicted octanol–water partition coefficient (Wildman–Crippen LogP) is 2.28. The second kappa shape index (κ2) is 9.68. The van der Waals surface area contributed by atoms with E-state index in [1.165, 1.54) is 35.5 Å². The van der Waals surface area contributed by atoms with Gasteiger partial charge in [-0.05, 0) is 56.6 Å². The number of sulfone groups is 1. The summed E-state index contributed by atoms with van der Waals surface area (Å²) in [6.07, 6.45) is 1.66. The average Bonchev–Trinajstić information content (AvgIpc) is 2.72. The number of nitrogens with zero attached hydrogens (tertiary/aromatic N) is 2. The molecule has 2 aromatic rings. The number of hydrogen-bond donors (Lipinski definition) is 1. The fraction of sp³-hybridized carbons (Fsp3) is 0.455. The van der Waals surface area contributed by atoms with E-state index in [0.29, 0.717) is 6.42 Å². The number of piperazine rings is 1. The van der Waals surface area contributed by atoms with Gasteiger partial charge in [-0.3, -0.25) is 4.90 Å². The molecular formula is C22H31N3O4S2. The lowest BCUT2D eigenvalue weighted by atomic mass is 10.2. The minimum Gasteiger partial charge on any atom is -0.369 e. The molecule has 0 saturated carbocycles. The molecule has 1 N–H and O–H groups in total. The molecule has 0 amide bonds. The Bertz CT molecular complexity index is 1110. The molecule has 1 atom stereocenters. The van der Waals surface area contributed by atoms with Crippen LogP contribution in [-0.2, 0) is 19.9 Å². The molecule has 7 nitrogen and oxygen atoms in total. The van der Waals surface area contributed by atoms with Crippen LogP contribution in [-0.4, -0.2) is 66.8 Å². The summed E-state index contributed by atoms with van der Waals surface area (Å²) in [6, 6.07) is 13.9. The summed E-state index contributed by atoms with van der Waals surface area (Å²) in [4.78, 5) is 4.33. The quantitative estimate of drug-likeness (QED) is 0.644. The van der Waals surface area contributed by atoms with Gasteiger partial charge in [0.15, 0.2) is 9.84 Å². The molecule has 1 heterocycles. The maximum atomic E-state index is 12.8. The number of sulfonamides is 1. The molecule has 1 fully saturated rings. The first kappa shape index (κ1) is 23.7. The van der Waals surface area contributed by atoms with Crippen molar-refractivity contribution in [1.29, 1.82) is 0 Å². The normalized spacial score (nSPS) is 16.9. The summed E-state index contributed by atoms with van der Waals surface area (Å²) in [7, 11) is -7.58. The Balaban J connectivity index is 1.54. The largest absolute Gasteiger partial charge is 0.369 e. The third-order valence-corrected chi connectivity index (χ3v) is 8.44. The van der Waals surface area contributed by atoms with Gasteiger partial charge in [-0.2, -0.15) is 0 Å². The average molecular weight is 466 g/mol. The molecule has 0 bridgehead atoms. The van der Waals surface area contributed by atoms with Crippen molar-refractivity contribution in [2.45, 2.75) is 36.1 Å². The van der Waals surface area contributed by atoms with E-state index in [2.05, 4.69) is 45.7 Å². The van der Waals surface area contributed by atoms with E-state index in [9.17, 15) is 16.8 Å².